The van der Waals surface area contributed by atoms with Gasteiger partial charge in [0.25, 0.3) is 0 Å². The third-order valence-corrected chi connectivity index (χ3v) is 2.39. The van der Waals surface area contributed by atoms with Gasteiger partial charge in [0, 0.05) is 0 Å². The van der Waals surface area contributed by atoms with Crippen molar-refractivity contribution in [2.75, 3.05) is 7.11 Å². The number of hydrogen-bond donors (Lipinski definition) is 0. The summed E-state index contributed by atoms with van der Waals surface area (Å²) in [4.78, 5) is 10.7. The van der Waals surface area contributed by atoms with Crippen LogP contribution in [-0.2, 0) is 16.1 Å². The van der Waals surface area contributed by atoms with Crippen LogP contribution < -0.4 is 4.74 Å². The molecule has 0 aromatic heterocycles. The van der Waals surface area contributed by atoms with Crippen molar-refractivity contribution in [3.8, 4) is 5.75 Å². The zero-order valence-electron chi connectivity index (χ0n) is 9.97. The molecule has 0 spiro atoms. The van der Waals surface area contributed by atoms with Gasteiger partial charge in [-0.2, -0.15) is 0 Å². The predicted molar refractivity (Wildman–Crippen MR) is 62.5 cm³/mol. The quantitative estimate of drug-likeness (QED) is 0.693. The van der Waals surface area contributed by atoms with Gasteiger partial charge in [0.15, 0.2) is 0 Å². The highest BCUT2D eigenvalue weighted by atomic mass is 16.5. The Balaban J connectivity index is 2.50. The van der Waals surface area contributed by atoms with Gasteiger partial charge in [0.05, 0.1) is 13.7 Å². The lowest BCUT2D eigenvalue weighted by molar-refractivity contribution is -0.121. The number of aldehydes is 1. The van der Waals surface area contributed by atoms with Crippen molar-refractivity contribution in [3.63, 3.8) is 0 Å². The number of carbonyl (C=O) groups excluding carboxylic acids is 1. The lowest BCUT2D eigenvalue weighted by Gasteiger charge is -2.15. The molecule has 0 aliphatic heterocycles. The minimum Gasteiger partial charge on any atom is -0.497 e. The minimum absolute atomic E-state index is 0.204. The monoisotopic (exact) mass is 222 g/mol. The van der Waals surface area contributed by atoms with Crippen molar-refractivity contribution < 1.29 is 14.3 Å². The lowest BCUT2D eigenvalue weighted by Crippen LogP contribution is -2.20. The molecule has 0 bridgehead atoms. The first-order valence-electron chi connectivity index (χ1n) is 5.37. The molecule has 1 aromatic rings. The van der Waals surface area contributed by atoms with Crippen molar-refractivity contribution >= 4 is 6.29 Å². The van der Waals surface area contributed by atoms with Crippen LogP contribution in [-0.4, -0.2) is 19.5 Å². The van der Waals surface area contributed by atoms with E-state index in [2.05, 4.69) is 0 Å². The van der Waals surface area contributed by atoms with Crippen LogP contribution in [0.1, 0.15) is 19.4 Å². The van der Waals surface area contributed by atoms with Gasteiger partial charge < -0.3 is 14.3 Å². The summed E-state index contributed by atoms with van der Waals surface area (Å²) in [5, 5.41) is 0. The van der Waals surface area contributed by atoms with E-state index in [0.717, 1.165) is 17.6 Å². The molecule has 0 fully saturated rings. The minimum atomic E-state index is -0.331. The van der Waals surface area contributed by atoms with Gasteiger partial charge >= 0.3 is 0 Å². The van der Waals surface area contributed by atoms with E-state index in [4.69, 9.17) is 9.47 Å². The summed E-state index contributed by atoms with van der Waals surface area (Å²) in [7, 11) is 1.63. The first-order chi connectivity index (χ1) is 7.67. The van der Waals surface area contributed by atoms with Gasteiger partial charge in [-0.3, -0.25) is 0 Å². The summed E-state index contributed by atoms with van der Waals surface area (Å²) >= 11 is 0. The first-order valence-corrected chi connectivity index (χ1v) is 5.37. The number of hydrogen-bond acceptors (Lipinski definition) is 3. The van der Waals surface area contributed by atoms with Gasteiger partial charge in [-0.05, 0) is 23.6 Å². The molecule has 1 aromatic carbocycles. The Morgan fingerprint density at radius 2 is 1.88 bits per heavy atom. The molecule has 0 heterocycles. The fourth-order valence-electron chi connectivity index (χ4n) is 1.30. The average Bonchev–Trinajstić information content (AvgIpc) is 2.30. The van der Waals surface area contributed by atoms with Crippen LogP contribution in [0.15, 0.2) is 24.3 Å². The van der Waals surface area contributed by atoms with Gasteiger partial charge in [-0.1, -0.05) is 26.0 Å². The maximum atomic E-state index is 10.7. The summed E-state index contributed by atoms with van der Waals surface area (Å²) in [6.45, 7) is 4.38. The van der Waals surface area contributed by atoms with E-state index in [-0.39, 0.29) is 12.0 Å². The summed E-state index contributed by atoms with van der Waals surface area (Å²) in [5.74, 6) is 1.02. The molecule has 0 unspecified atom stereocenters. The van der Waals surface area contributed by atoms with Gasteiger partial charge in [-0.25, -0.2) is 0 Å². The molecular weight excluding hydrogens is 204 g/mol. The molecule has 16 heavy (non-hydrogen) atoms. The molecule has 1 rings (SSSR count). The topological polar surface area (TPSA) is 35.5 Å². The molecule has 1 atom stereocenters. The zero-order valence-corrected chi connectivity index (χ0v) is 9.97. The molecule has 0 amide bonds. The van der Waals surface area contributed by atoms with E-state index in [1.165, 1.54) is 0 Å². The number of benzene rings is 1. The average molecular weight is 222 g/mol. The van der Waals surface area contributed by atoms with Crippen LogP contribution in [0.25, 0.3) is 0 Å². The van der Waals surface area contributed by atoms with Gasteiger partial charge in [0.1, 0.15) is 18.1 Å². The molecule has 88 valence electrons. The SMILES string of the molecule is COc1ccc(CO[C@H](C=O)C(C)C)cc1. The predicted octanol–water partition coefficient (Wildman–Crippen LogP) is 2.44. The van der Waals surface area contributed by atoms with Crippen molar-refractivity contribution in [2.24, 2.45) is 5.92 Å². The maximum absolute atomic E-state index is 10.7. The summed E-state index contributed by atoms with van der Waals surface area (Å²) in [5.41, 5.74) is 1.04. The van der Waals surface area contributed by atoms with Crippen molar-refractivity contribution in [2.45, 2.75) is 26.6 Å². The van der Waals surface area contributed by atoms with Crippen LogP contribution in [0.5, 0.6) is 5.75 Å². The molecular formula is C13H18O3. The van der Waals surface area contributed by atoms with E-state index >= 15 is 0 Å². The van der Waals surface area contributed by atoms with E-state index in [0.29, 0.717) is 6.61 Å². The van der Waals surface area contributed by atoms with E-state index in [1.807, 2.05) is 38.1 Å². The smallest absolute Gasteiger partial charge is 0.149 e. The van der Waals surface area contributed by atoms with Gasteiger partial charge in [-0.15, -0.1) is 0 Å². The molecule has 0 radical (unpaired) electrons. The third-order valence-electron chi connectivity index (χ3n) is 2.39. The Hall–Kier alpha value is -1.35. The van der Waals surface area contributed by atoms with Crippen LogP contribution in [0.2, 0.25) is 0 Å². The number of rotatable bonds is 6. The van der Waals surface area contributed by atoms with Crippen molar-refractivity contribution in [1.29, 1.82) is 0 Å². The summed E-state index contributed by atoms with van der Waals surface area (Å²) < 4.78 is 10.6. The van der Waals surface area contributed by atoms with Crippen LogP contribution in [0, 0.1) is 5.92 Å². The Bertz CT molecular complexity index is 316. The summed E-state index contributed by atoms with van der Waals surface area (Å²) in [6, 6.07) is 7.62. The summed E-state index contributed by atoms with van der Waals surface area (Å²) in [6.07, 6.45) is 0.524. The van der Waals surface area contributed by atoms with E-state index in [1.54, 1.807) is 7.11 Å². The van der Waals surface area contributed by atoms with E-state index in [9.17, 15) is 4.79 Å². The number of carbonyl (C=O) groups is 1. The maximum Gasteiger partial charge on any atom is 0.149 e. The number of ether oxygens (including phenoxy) is 2. The fraction of sp³-hybridized carbons (Fsp3) is 0.462. The second-order valence-electron chi connectivity index (χ2n) is 4.00. The normalized spacial score (nSPS) is 12.5. The molecule has 0 saturated carbocycles. The van der Waals surface area contributed by atoms with Gasteiger partial charge in [0.2, 0.25) is 0 Å². The Labute approximate surface area is 96.4 Å². The largest absolute Gasteiger partial charge is 0.497 e. The highest BCUT2D eigenvalue weighted by Crippen LogP contribution is 2.13. The highest BCUT2D eigenvalue weighted by Gasteiger charge is 2.12. The number of methoxy groups -OCH3 is 1. The van der Waals surface area contributed by atoms with Crippen LogP contribution in [0.4, 0.5) is 0 Å². The van der Waals surface area contributed by atoms with E-state index < -0.39 is 0 Å². The zero-order chi connectivity index (χ0) is 12.0. The standard InChI is InChI=1S/C13H18O3/c1-10(2)13(8-14)16-9-11-4-6-12(15-3)7-5-11/h4-8,10,13H,9H2,1-3H3/t13-/m1/s1. The molecule has 0 N–H and O–H groups in total. The molecule has 0 aliphatic carbocycles. The van der Waals surface area contributed by atoms with Crippen molar-refractivity contribution in [1.82, 2.24) is 0 Å². The Morgan fingerprint density at radius 1 is 1.25 bits per heavy atom. The molecule has 3 nitrogen and oxygen atoms in total. The van der Waals surface area contributed by atoms with Crippen LogP contribution >= 0.6 is 0 Å². The highest BCUT2D eigenvalue weighted by molar-refractivity contribution is 5.56. The lowest BCUT2D eigenvalue weighted by atomic mass is 10.1. The van der Waals surface area contributed by atoms with Crippen LogP contribution in [0.3, 0.4) is 0 Å². The molecule has 0 saturated heterocycles. The van der Waals surface area contributed by atoms with Crippen molar-refractivity contribution in [3.05, 3.63) is 29.8 Å². The Kier molecular flexibility index (Phi) is 4.99. The Morgan fingerprint density at radius 3 is 2.31 bits per heavy atom. The third kappa shape index (κ3) is 3.66. The molecule has 0 aliphatic rings. The second-order valence-corrected chi connectivity index (χ2v) is 4.00. The first kappa shape index (κ1) is 12.7. The second kappa shape index (κ2) is 6.28. The molecule has 3 heteroatoms. The fourth-order valence-corrected chi connectivity index (χ4v) is 1.30.